The largest absolute Gasteiger partial charge is 0.392 e. The Hall–Kier alpha value is -0.950. The minimum absolute atomic E-state index is 0.177. The van der Waals surface area contributed by atoms with E-state index in [9.17, 15) is 13.5 Å². The zero-order valence-electron chi connectivity index (χ0n) is 12.5. The highest BCUT2D eigenvalue weighted by Gasteiger charge is 2.20. The van der Waals surface area contributed by atoms with Crippen LogP contribution in [0.4, 0.5) is 0 Å². The highest BCUT2D eigenvalue weighted by atomic mass is 32.2. The molecule has 0 saturated carbocycles. The second kappa shape index (κ2) is 7.35. The molecule has 6 heteroatoms. The van der Waals surface area contributed by atoms with Crippen molar-refractivity contribution in [3.8, 4) is 0 Å². The maximum atomic E-state index is 12.3. The lowest BCUT2D eigenvalue weighted by molar-refractivity contribution is 0.213. The van der Waals surface area contributed by atoms with Crippen molar-refractivity contribution in [3.05, 3.63) is 29.8 Å². The monoisotopic (exact) mass is 312 g/mol. The van der Waals surface area contributed by atoms with Gasteiger partial charge in [0.25, 0.3) is 0 Å². The Morgan fingerprint density at radius 1 is 1.29 bits per heavy atom. The quantitative estimate of drug-likeness (QED) is 0.828. The molecule has 1 fully saturated rings. The number of hydrogen-bond donors (Lipinski definition) is 2. The summed E-state index contributed by atoms with van der Waals surface area (Å²) in [6.45, 7) is 2.36. The third-order valence-electron chi connectivity index (χ3n) is 4.12. The minimum atomic E-state index is -3.54. The van der Waals surface area contributed by atoms with Gasteiger partial charge in [0.15, 0.2) is 0 Å². The highest BCUT2D eigenvalue weighted by molar-refractivity contribution is 7.89. The van der Waals surface area contributed by atoms with E-state index < -0.39 is 10.0 Å². The molecule has 2 rings (SSSR count). The van der Waals surface area contributed by atoms with Crippen molar-refractivity contribution in [2.75, 3.05) is 26.7 Å². The Bertz CT molecular complexity index is 552. The summed E-state index contributed by atoms with van der Waals surface area (Å²) in [5, 5.41) is 9.24. The van der Waals surface area contributed by atoms with Crippen molar-refractivity contribution >= 4 is 10.0 Å². The second-order valence-electron chi connectivity index (χ2n) is 5.70. The zero-order chi connectivity index (χ0) is 15.3. The molecule has 0 amide bonds. The van der Waals surface area contributed by atoms with Crippen molar-refractivity contribution in [1.29, 1.82) is 0 Å². The number of likely N-dealkylation sites (tertiary alicyclic amines) is 1. The van der Waals surface area contributed by atoms with Crippen molar-refractivity contribution in [3.63, 3.8) is 0 Å². The molecular formula is C15H24N2O3S. The van der Waals surface area contributed by atoms with Crippen LogP contribution in [0.2, 0.25) is 0 Å². The Morgan fingerprint density at radius 3 is 2.62 bits per heavy atom. The van der Waals surface area contributed by atoms with Crippen LogP contribution < -0.4 is 4.72 Å². The van der Waals surface area contributed by atoms with Gasteiger partial charge in [-0.25, -0.2) is 13.1 Å². The van der Waals surface area contributed by atoms with Gasteiger partial charge >= 0.3 is 0 Å². The van der Waals surface area contributed by atoms with Gasteiger partial charge in [0, 0.05) is 6.54 Å². The summed E-state index contributed by atoms with van der Waals surface area (Å²) >= 11 is 0. The van der Waals surface area contributed by atoms with E-state index >= 15 is 0 Å². The molecule has 1 aromatic rings. The topological polar surface area (TPSA) is 69.6 Å². The Kier molecular flexibility index (Phi) is 5.75. The van der Waals surface area contributed by atoms with Gasteiger partial charge < -0.3 is 10.0 Å². The van der Waals surface area contributed by atoms with Crippen LogP contribution in [-0.4, -0.2) is 45.1 Å². The standard InChI is InChI=1S/C15H24N2O3S/c1-17-10-7-13(8-11-17)6-9-16-21(19,20)15-5-3-2-4-14(15)12-18/h2-5,13,16,18H,6-12H2,1H3. The summed E-state index contributed by atoms with van der Waals surface area (Å²) in [5.74, 6) is 0.594. The number of sulfonamides is 1. The van der Waals surface area contributed by atoms with E-state index in [4.69, 9.17) is 0 Å². The Labute approximate surface area is 127 Å². The van der Waals surface area contributed by atoms with Gasteiger partial charge in [0.1, 0.15) is 0 Å². The predicted octanol–water partition coefficient (Wildman–Crippen LogP) is 1.19. The smallest absolute Gasteiger partial charge is 0.240 e. The fraction of sp³-hybridized carbons (Fsp3) is 0.600. The maximum Gasteiger partial charge on any atom is 0.240 e. The molecule has 0 aromatic heterocycles. The number of piperidine rings is 1. The molecular weight excluding hydrogens is 288 g/mol. The highest BCUT2D eigenvalue weighted by Crippen LogP contribution is 2.20. The van der Waals surface area contributed by atoms with Crippen LogP contribution in [0.15, 0.2) is 29.2 Å². The van der Waals surface area contributed by atoms with E-state index in [2.05, 4.69) is 16.7 Å². The van der Waals surface area contributed by atoms with Gasteiger partial charge in [0.05, 0.1) is 11.5 Å². The second-order valence-corrected chi connectivity index (χ2v) is 7.43. The number of benzene rings is 1. The molecule has 0 bridgehead atoms. The summed E-state index contributed by atoms with van der Waals surface area (Å²) in [4.78, 5) is 2.48. The third kappa shape index (κ3) is 4.51. The molecule has 0 unspecified atom stereocenters. The lowest BCUT2D eigenvalue weighted by Crippen LogP contribution is -2.33. The van der Waals surface area contributed by atoms with Gasteiger partial charge in [-0.05, 0) is 56.9 Å². The van der Waals surface area contributed by atoms with E-state index in [1.807, 2.05) is 0 Å². The van der Waals surface area contributed by atoms with Crippen molar-refractivity contribution in [1.82, 2.24) is 9.62 Å². The molecule has 1 aliphatic heterocycles. The molecule has 5 nitrogen and oxygen atoms in total. The first kappa shape index (κ1) is 16.4. The molecule has 1 aromatic carbocycles. The van der Waals surface area contributed by atoms with Crippen molar-refractivity contribution in [2.24, 2.45) is 5.92 Å². The summed E-state index contributed by atoms with van der Waals surface area (Å²) in [6, 6.07) is 6.56. The van der Waals surface area contributed by atoms with E-state index in [0.29, 0.717) is 18.0 Å². The lowest BCUT2D eigenvalue weighted by atomic mass is 9.94. The molecule has 21 heavy (non-hydrogen) atoms. The maximum absolute atomic E-state index is 12.3. The summed E-state index contributed by atoms with van der Waals surface area (Å²) in [5.41, 5.74) is 0.435. The van der Waals surface area contributed by atoms with Crippen molar-refractivity contribution < 1.29 is 13.5 Å². The molecule has 1 aliphatic rings. The van der Waals surface area contributed by atoms with Crippen LogP contribution in [0.1, 0.15) is 24.8 Å². The molecule has 0 atom stereocenters. The van der Waals surface area contributed by atoms with Gasteiger partial charge in [-0.1, -0.05) is 18.2 Å². The molecule has 0 aliphatic carbocycles. The van der Waals surface area contributed by atoms with Crippen LogP contribution in [-0.2, 0) is 16.6 Å². The molecule has 118 valence electrons. The normalized spacial score (nSPS) is 18.0. The van der Waals surface area contributed by atoms with E-state index in [-0.39, 0.29) is 11.5 Å². The van der Waals surface area contributed by atoms with Gasteiger partial charge in [-0.2, -0.15) is 0 Å². The number of nitrogens with zero attached hydrogens (tertiary/aromatic N) is 1. The zero-order valence-corrected chi connectivity index (χ0v) is 13.3. The number of rotatable bonds is 6. The molecule has 1 saturated heterocycles. The first-order valence-electron chi connectivity index (χ1n) is 7.40. The average molecular weight is 312 g/mol. The Balaban J connectivity index is 1.89. The summed E-state index contributed by atoms with van der Waals surface area (Å²) in [6.07, 6.45) is 3.13. The SMILES string of the molecule is CN1CCC(CCNS(=O)(=O)c2ccccc2CO)CC1. The van der Waals surface area contributed by atoms with Gasteiger partial charge in [-0.15, -0.1) is 0 Å². The first-order chi connectivity index (χ1) is 10.0. The Morgan fingerprint density at radius 2 is 1.95 bits per heavy atom. The predicted molar refractivity (Wildman–Crippen MR) is 82.4 cm³/mol. The van der Waals surface area contributed by atoms with E-state index in [1.165, 1.54) is 6.07 Å². The van der Waals surface area contributed by atoms with Crippen LogP contribution in [0, 0.1) is 5.92 Å². The number of aliphatic hydroxyl groups excluding tert-OH is 1. The van der Waals surface area contributed by atoms with Crippen molar-refractivity contribution in [2.45, 2.75) is 30.8 Å². The molecule has 2 N–H and O–H groups in total. The van der Waals surface area contributed by atoms with Crippen LogP contribution in [0.3, 0.4) is 0 Å². The van der Waals surface area contributed by atoms with Gasteiger partial charge in [-0.3, -0.25) is 0 Å². The van der Waals surface area contributed by atoms with Crippen LogP contribution in [0.25, 0.3) is 0 Å². The number of hydrogen-bond acceptors (Lipinski definition) is 4. The van der Waals surface area contributed by atoms with Crippen LogP contribution in [0.5, 0.6) is 0 Å². The van der Waals surface area contributed by atoms with E-state index in [0.717, 1.165) is 32.4 Å². The fourth-order valence-corrected chi connectivity index (χ4v) is 4.00. The summed E-state index contributed by atoms with van der Waals surface area (Å²) < 4.78 is 27.2. The minimum Gasteiger partial charge on any atom is -0.392 e. The average Bonchev–Trinajstić information content (AvgIpc) is 2.49. The first-order valence-corrected chi connectivity index (χ1v) is 8.88. The molecule has 0 radical (unpaired) electrons. The fourth-order valence-electron chi connectivity index (χ4n) is 2.72. The lowest BCUT2D eigenvalue weighted by Gasteiger charge is -2.28. The number of nitrogens with one attached hydrogen (secondary N) is 1. The van der Waals surface area contributed by atoms with E-state index in [1.54, 1.807) is 18.2 Å². The molecule has 0 spiro atoms. The number of aliphatic hydroxyl groups is 1. The molecule has 1 heterocycles. The third-order valence-corrected chi connectivity index (χ3v) is 5.68. The van der Waals surface area contributed by atoms with Gasteiger partial charge in [0.2, 0.25) is 10.0 Å². The summed E-state index contributed by atoms with van der Waals surface area (Å²) in [7, 11) is -1.42. The van der Waals surface area contributed by atoms with Crippen LogP contribution >= 0.6 is 0 Å².